The minimum absolute atomic E-state index is 0.0441. The molecule has 192 valence electrons. The van der Waals surface area contributed by atoms with Crippen molar-refractivity contribution in [1.29, 1.82) is 0 Å². The average molecular weight is 549 g/mol. The Bertz CT molecular complexity index is 791. The first-order valence-corrected chi connectivity index (χ1v) is 15.4. The first kappa shape index (κ1) is 29.3. The van der Waals surface area contributed by atoms with Gasteiger partial charge in [0.05, 0.1) is 5.75 Å². The Kier molecular flexibility index (Phi) is 12.5. The van der Waals surface area contributed by atoms with Gasteiger partial charge in [-0.05, 0) is 31.3 Å². The summed E-state index contributed by atoms with van der Waals surface area (Å²) in [6.07, 6.45) is 3.94. The van der Waals surface area contributed by atoms with E-state index in [0.29, 0.717) is 17.1 Å². The van der Waals surface area contributed by atoms with Crippen LogP contribution in [0.2, 0.25) is 0 Å². The molecule has 2 amide bonds. The third-order valence-corrected chi connectivity index (χ3v) is 9.33. The van der Waals surface area contributed by atoms with Crippen molar-refractivity contribution in [2.75, 3.05) is 56.2 Å². The van der Waals surface area contributed by atoms with E-state index >= 15 is 0 Å². The van der Waals surface area contributed by atoms with Crippen LogP contribution < -0.4 is 5.32 Å². The fourth-order valence-corrected chi connectivity index (χ4v) is 6.91. The Morgan fingerprint density at radius 1 is 1.24 bits per heavy atom. The number of nitrogens with zero attached hydrogens (tertiary/aromatic N) is 3. The number of unbranched alkanes of at least 4 members (excludes halogenated alkanes) is 1. The van der Waals surface area contributed by atoms with Crippen molar-refractivity contribution >= 4 is 69.6 Å². The van der Waals surface area contributed by atoms with Crippen LogP contribution in [-0.4, -0.2) is 110 Å². The first-order chi connectivity index (χ1) is 16.3. The van der Waals surface area contributed by atoms with Gasteiger partial charge >= 0.3 is 5.97 Å². The van der Waals surface area contributed by atoms with Gasteiger partial charge in [-0.2, -0.15) is 11.8 Å². The minimum atomic E-state index is -1.11. The number of rotatable bonds is 14. The SMILES string of the molecule is CCCCN(CCN(CC)CC)C(=S)SCC1=C(C(=O)O)N2C(=O)C(NC(=O)CSC)[C@@H]2SC1. The Morgan fingerprint density at radius 3 is 2.53 bits per heavy atom. The number of carboxylic acids is 1. The van der Waals surface area contributed by atoms with Crippen molar-refractivity contribution in [2.45, 2.75) is 45.0 Å². The maximum absolute atomic E-state index is 12.7. The van der Waals surface area contributed by atoms with Crippen LogP contribution in [0.4, 0.5) is 0 Å². The van der Waals surface area contributed by atoms with Gasteiger partial charge in [0.25, 0.3) is 5.91 Å². The molecule has 2 heterocycles. The molecule has 34 heavy (non-hydrogen) atoms. The van der Waals surface area contributed by atoms with E-state index < -0.39 is 12.0 Å². The minimum Gasteiger partial charge on any atom is -0.477 e. The van der Waals surface area contributed by atoms with Gasteiger partial charge in [-0.25, -0.2) is 4.79 Å². The fourth-order valence-electron chi connectivity index (χ4n) is 3.83. The number of nitrogens with one attached hydrogen (secondary N) is 1. The molecule has 8 nitrogen and oxygen atoms in total. The van der Waals surface area contributed by atoms with E-state index in [4.69, 9.17) is 12.2 Å². The molecule has 2 aliphatic heterocycles. The van der Waals surface area contributed by atoms with Crippen molar-refractivity contribution < 1.29 is 19.5 Å². The highest BCUT2D eigenvalue weighted by molar-refractivity contribution is 8.23. The second-order valence-corrected chi connectivity index (χ2v) is 11.6. The zero-order valence-electron chi connectivity index (χ0n) is 20.4. The lowest BCUT2D eigenvalue weighted by atomic mass is 10.0. The molecular formula is C22H36N4O4S4. The summed E-state index contributed by atoms with van der Waals surface area (Å²) in [7, 11) is 0. The molecule has 1 fully saturated rings. The smallest absolute Gasteiger partial charge is 0.352 e. The summed E-state index contributed by atoms with van der Waals surface area (Å²) in [4.78, 5) is 42.6. The Labute approximate surface area is 221 Å². The quantitative estimate of drug-likeness (QED) is 0.249. The largest absolute Gasteiger partial charge is 0.477 e. The summed E-state index contributed by atoms with van der Waals surface area (Å²) in [5, 5.41) is 12.2. The van der Waals surface area contributed by atoms with Crippen LogP contribution in [0.3, 0.4) is 0 Å². The van der Waals surface area contributed by atoms with Gasteiger partial charge in [0, 0.05) is 31.1 Å². The number of likely N-dealkylation sites (N-methyl/N-ethyl adjacent to an activating group) is 1. The Balaban J connectivity index is 2.05. The van der Waals surface area contributed by atoms with Crippen molar-refractivity contribution in [3.05, 3.63) is 11.3 Å². The number of hydrogen-bond donors (Lipinski definition) is 2. The number of carbonyl (C=O) groups excluding carboxylic acids is 2. The third-order valence-electron chi connectivity index (χ3n) is 5.83. The molecule has 0 aliphatic carbocycles. The maximum Gasteiger partial charge on any atom is 0.352 e. The van der Waals surface area contributed by atoms with E-state index in [0.717, 1.165) is 49.9 Å². The number of aliphatic carboxylic acids is 1. The highest BCUT2D eigenvalue weighted by Crippen LogP contribution is 2.41. The molecule has 2 N–H and O–H groups in total. The van der Waals surface area contributed by atoms with Gasteiger partial charge in [-0.3, -0.25) is 14.5 Å². The van der Waals surface area contributed by atoms with E-state index in [2.05, 4.69) is 35.9 Å². The molecule has 1 unspecified atom stereocenters. The van der Waals surface area contributed by atoms with Crippen LogP contribution in [-0.2, 0) is 14.4 Å². The predicted octanol–water partition coefficient (Wildman–Crippen LogP) is 2.55. The van der Waals surface area contributed by atoms with E-state index in [9.17, 15) is 19.5 Å². The predicted molar refractivity (Wildman–Crippen MR) is 147 cm³/mol. The Hall–Kier alpha value is -0.950. The van der Waals surface area contributed by atoms with E-state index in [-0.39, 0.29) is 28.6 Å². The molecule has 2 atom stereocenters. The van der Waals surface area contributed by atoms with Crippen LogP contribution in [0, 0.1) is 0 Å². The lowest BCUT2D eigenvalue weighted by Gasteiger charge is -2.49. The Morgan fingerprint density at radius 2 is 1.94 bits per heavy atom. The first-order valence-electron chi connectivity index (χ1n) is 11.6. The lowest BCUT2D eigenvalue weighted by molar-refractivity contribution is -0.150. The monoisotopic (exact) mass is 548 g/mol. The van der Waals surface area contributed by atoms with Crippen molar-refractivity contribution in [1.82, 2.24) is 20.0 Å². The number of amides is 2. The van der Waals surface area contributed by atoms with Gasteiger partial charge in [-0.15, -0.1) is 11.8 Å². The van der Waals surface area contributed by atoms with Gasteiger partial charge < -0.3 is 20.2 Å². The van der Waals surface area contributed by atoms with Gasteiger partial charge in [0.2, 0.25) is 5.91 Å². The highest BCUT2D eigenvalue weighted by Gasteiger charge is 2.54. The second-order valence-electron chi connectivity index (χ2n) is 8.07. The molecular weight excluding hydrogens is 513 g/mol. The summed E-state index contributed by atoms with van der Waals surface area (Å²) in [5.74, 6) is -0.492. The van der Waals surface area contributed by atoms with E-state index in [1.54, 1.807) is 0 Å². The molecule has 12 heteroatoms. The zero-order valence-corrected chi connectivity index (χ0v) is 23.6. The van der Waals surface area contributed by atoms with E-state index in [1.807, 2.05) is 6.26 Å². The van der Waals surface area contributed by atoms with Crippen molar-refractivity contribution in [2.24, 2.45) is 0 Å². The number of carboxylic acid groups (broad SMARTS) is 1. The molecule has 0 aromatic carbocycles. The summed E-state index contributed by atoms with van der Waals surface area (Å²) in [6.45, 7) is 11.1. The second kappa shape index (κ2) is 14.6. The summed E-state index contributed by atoms with van der Waals surface area (Å²) in [5.41, 5.74) is 0.741. The van der Waals surface area contributed by atoms with Crippen LogP contribution in [0.25, 0.3) is 0 Å². The zero-order chi connectivity index (χ0) is 25.3. The molecule has 0 aromatic heterocycles. The summed E-state index contributed by atoms with van der Waals surface area (Å²) in [6, 6.07) is -0.668. The number of fused-ring (bicyclic) bond motifs is 1. The van der Waals surface area contributed by atoms with Crippen molar-refractivity contribution in [3.8, 4) is 0 Å². The van der Waals surface area contributed by atoms with Gasteiger partial charge in [-0.1, -0.05) is 51.2 Å². The summed E-state index contributed by atoms with van der Waals surface area (Å²) >= 11 is 10.1. The molecule has 0 saturated carbocycles. The standard InChI is InChI=1S/C22H36N4O4S4/c1-5-8-9-25(11-10-24(6-2)7-3)22(31)34-13-15-12-33-20-17(23-16(27)14-32-4)19(28)26(20)18(15)21(29)30/h17,20H,5-14H2,1-4H3,(H,23,27)(H,29,30)/t17?,20-/m0/s1. The van der Waals surface area contributed by atoms with Crippen molar-refractivity contribution in [3.63, 3.8) is 0 Å². The number of thiocarbonyl (C=S) groups is 1. The number of β-lactam (4-membered cyclic amide) rings is 1. The number of thioether (sulfide) groups is 3. The van der Waals surface area contributed by atoms with Gasteiger partial charge in [0.15, 0.2) is 0 Å². The molecule has 0 radical (unpaired) electrons. The third kappa shape index (κ3) is 7.52. The molecule has 0 bridgehead atoms. The fraction of sp³-hybridized carbons (Fsp3) is 0.727. The molecule has 2 aliphatic rings. The van der Waals surface area contributed by atoms with Crippen LogP contribution >= 0.6 is 47.5 Å². The lowest BCUT2D eigenvalue weighted by Crippen LogP contribution is -2.70. The normalized spacial score (nSPS) is 19.7. The summed E-state index contributed by atoms with van der Waals surface area (Å²) < 4.78 is 0.766. The van der Waals surface area contributed by atoms with Crippen LogP contribution in [0.1, 0.15) is 33.6 Å². The van der Waals surface area contributed by atoms with Gasteiger partial charge in [0.1, 0.15) is 21.4 Å². The molecule has 0 spiro atoms. The van der Waals surface area contributed by atoms with Crippen LogP contribution in [0.5, 0.6) is 0 Å². The number of hydrogen-bond acceptors (Lipinski definition) is 8. The average Bonchev–Trinajstić information content (AvgIpc) is 2.82. The van der Waals surface area contributed by atoms with E-state index in [1.165, 1.54) is 40.2 Å². The topological polar surface area (TPSA) is 93.2 Å². The molecule has 1 saturated heterocycles. The molecule has 2 rings (SSSR count). The maximum atomic E-state index is 12.7. The molecule has 0 aromatic rings. The van der Waals surface area contributed by atoms with Crippen LogP contribution in [0.15, 0.2) is 11.3 Å². The number of carbonyl (C=O) groups is 3. The highest BCUT2D eigenvalue weighted by atomic mass is 32.2.